The first-order chi connectivity index (χ1) is 13.4. The highest BCUT2D eigenvalue weighted by Crippen LogP contribution is 2.20. The van der Waals surface area contributed by atoms with Crippen molar-refractivity contribution in [3.05, 3.63) is 64.0 Å². The van der Waals surface area contributed by atoms with Crippen molar-refractivity contribution < 1.29 is 19.1 Å². The maximum Gasteiger partial charge on any atom is 0.325 e. The summed E-state index contributed by atoms with van der Waals surface area (Å²) in [4.78, 5) is 40.5. The number of aryl methyl sites for hydroxylation is 1. The van der Waals surface area contributed by atoms with Crippen molar-refractivity contribution in [3.63, 3.8) is 0 Å². The molecular formula is C21H20N2O4S. The summed E-state index contributed by atoms with van der Waals surface area (Å²) in [6.45, 7) is 3.51. The lowest BCUT2D eigenvalue weighted by molar-refractivity contribution is -0.141. The van der Waals surface area contributed by atoms with Gasteiger partial charge in [-0.05, 0) is 43.2 Å². The number of amides is 1. The van der Waals surface area contributed by atoms with Gasteiger partial charge in [-0.25, -0.2) is 0 Å². The minimum Gasteiger partial charge on any atom is -0.468 e. The molecule has 0 spiro atoms. The van der Waals surface area contributed by atoms with E-state index in [1.165, 1.54) is 25.4 Å². The van der Waals surface area contributed by atoms with Gasteiger partial charge in [-0.2, -0.15) is 4.99 Å². The van der Waals surface area contributed by atoms with Gasteiger partial charge in [0.2, 0.25) is 0 Å². The number of hydrogen-bond acceptors (Lipinski definition) is 5. The Morgan fingerprint density at radius 3 is 2.36 bits per heavy atom. The number of fused-ring (bicyclic) bond motifs is 1. The van der Waals surface area contributed by atoms with Crippen LogP contribution in [0.1, 0.15) is 40.1 Å². The molecule has 28 heavy (non-hydrogen) atoms. The van der Waals surface area contributed by atoms with E-state index in [4.69, 9.17) is 4.74 Å². The molecule has 1 amide bonds. The number of ketones is 1. The summed E-state index contributed by atoms with van der Waals surface area (Å²) in [5.41, 5.74) is 2.90. The second-order valence-corrected chi connectivity index (χ2v) is 7.26. The van der Waals surface area contributed by atoms with Crippen molar-refractivity contribution in [3.8, 4) is 0 Å². The van der Waals surface area contributed by atoms with Crippen molar-refractivity contribution in [2.75, 3.05) is 7.11 Å². The van der Waals surface area contributed by atoms with E-state index in [0.29, 0.717) is 15.9 Å². The summed E-state index contributed by atoms with van der Waals surface area (Å²) in [5, 5.41) is 0. The molecule has 1 heterocycles. The lowest BCUT2D eigenvalue weighted by Crippen LogP contribution is -2.22. The standard InChI is InChI=1S/C21H20N2O4S/c1-4-14-5-10-17-18(11-14)28-21(23(17)12-19(25)27-3)22-20(26)16-8-6-15(7-9-16)13(2)24/h5-11H,4,12H2,1-3H3. The summed E-state index contributed by atoms with van der Waals surface area (Å²) < 4.78 is 7.42. The summed E-state index contributed by atoms with van der Waals surface area (Å²) in [5.74, 6) is -0.918. The highest BCUT2D eigenvalue weighted by Gasteiger charge is 2.13. The third-order valence-corrected chi connectivity index (χ3v) is 5.45. The van der Waals surface area contributed by atoms with Crippen LogP contribution in [0.25, 0.3) is 10.2 Å². The Hall–Kier alpha value is -3.06. The monoisotopic (exact) mass is 396 g/mol. The van der Waals surface area contributed by atoms with E-state index in [-0.39, 0.29) is 12.3 Å². The van der Waals surface area contributed by atoms with Crippen LogP contribution in [-0.4, -0.2) is 29.3 Å². The normalized spacial score (nSPS) is 11.6. The largest absolute Gasteiger partial charge is 0.468 e. The number of nitrogens with zero attached hydrogens (tertiary/aromatic N) is 2. The molecule has 0 aliphatic carbocycles. The molecule has 0 atom stereocenters. The van der Waals surface area contributed by atoms with Crippen molar-refractivity contribution in [2.45, 2.75) is 26.8 Å². The van der Waals surface area contributed by atoms with Gasteiger partial charge < -0.3 is 9.30 Å². The van der Waals surface area contributed by atoms with Crippen molar-refractivity contribution >= 4 is 39.2 Å². The van der Waals surface area contributed by atoms with Crippen LogP contribution in [0.3, 0.4) is 0 Å². The molecule has 0 N–H and O–H groups in total. The Balaban J connectivity index is 2.08. The molecule has 0 saturated heterocycles. The summed E-state index contributed by atoms with van der Waals surface area (Å²) in [6.07, 6.45) is 0.888. The van der Waals surface area contributed by atoms with E-state index in [1.807, 2.05) is 18.2 Å². The zero-order valence-corrected chi connectivity index (χ0v) is 16.7. The topological polar surface area (TPSA) is 77.7 Å². The molecule has 0 bridgehead atoms. The summed E-state index contributed by atoms with van der Waals surface area (Å²) in [7, 11) is 1.32. The van der Waals surface area contributed by atoms with Gasteiger partial charge >= 0.3 is 5.97 Å². The molecule has 3 rings (SSSR count). The maximum atomic E-state index is 12.6. The van der Waals surface area contributed by atoms with Gasteiger partial charge in [0.1, 0.15) is 6.54 Å². The molecule has 0 radical (unpaired) electrons. The number of ether oxygens (including phenoxy) is 1. The quantitative estimate of drug-likeness (QED) is 0.489. The fourth-order valence-electron chi connectivity index (χ4n) is 2.77. The third-order valence-electron chi connectivity index (χ3n) is 4.41. The molecule has 7 heteroatoms. The van der Waals surface area contributed by atoms with Gasteiger partial charge in [-0.1, -0.05) is 36.5 Å². The van der Waals surface area contributed by atoms with E-state index in [1.54, 1.807) is 28.8 Å². The van der Waals surface area contributed by atoms with Crippen molar-refractivity contribution in [2.24, 2.45) is 4.99 Å². The van der Waals surface area contributed by atoms with E-state index in [0.717, 1.165) is 22.2 Å². The highest BCUT2D eigenvalue weighted by atomic mass is 32.1. The number of thiazole rings is 1. The lowest BCUT2D eigenvalue weighted by Gasteiger charge is -2.04. The van der Waals surface area contributed by atoms with Crippen LogP contribution in [0.4, 0.5) is 0 Å². The molecule has 144 valence electrons. The first-order valence-electron chi connectivity index (χ1n) is 8.82. The van der Waals surface area contributed by atoms with Gasteiger partial charge in [0.25, 0.3) is 5.91 Å². The Morgan fingerprint density at radius 2 is 1.75 bits per heavy atom. The van der Waals surface area contributed by atoms with Crippen LogP contribution in [-0.2, 0) is 22.5 Å². The molecular weight excluding hydrogens is 376 g/mol. The number of Topliss-reactive ketones (excluding diaryl/α,β-unsaturated/α-hetero) is 1. The number of methoxy groups -OCH3 is 1. The number of rotatable bonds is 5. The molecule has 6 nitrogen and oxygen atoms in total. The van der Waals surface area contributed by atoms with Gasteiger partial charge in [-0.3, -0.25) is 14.4 Å². The number of aromatic nitrogens is 1. The van der Waals surface area contributed by atoms with E-state index >= 15 is 0 Å². The average molecular weight is 396 g/mol. The molecule has 1 aromatic heterocycles. The number of carbonyl (C=O) groups excluding carboxylic acids is 3. The minimum absolute atomic E-state index is 0.0304. The van der Waals surface area contributed by atoms with E-state index in [2.05, 4.69) is 11.9 Å². The molecule has 2 aromatic carbocycles. The van der Waals surface area contributed by atoms with Crippen LogP contribution in [0.15, 0.2) is 47.5 Å². The first-order valence-corrected chi connectivity index (χ1v) is 9.63. The van der Waals surface area contributed by atoms with E-state index in [9.17, 15) is 14.4 Å². The molecule has 3 aromatic rings. The number of hydrogen-bond donors (Lipinski definition) is 0. The first kappa shape index (κ1) is 19.7. The van der Waals surface area contributed by atoms with Crippen LogP contribution in [0, 0.1) is 0 Å². The zero-order chi connectivity index (χ0) is 20.3. The van der Waals surface area contributed by atoms with Crippen molar-refractivity contribution in [1.82, 2.24) is 4.57 Å². The fraction of sp³-hybridized carbons (Fsp3) is 0.238. The third kappa shape index (κ3) is 4.09. The minimum atomic E-state index is -0.434. The Labute approximate surface area is 166 Å². The highest BCUT2D eigenvalue weighted by molar-refractivity contribution is 7.16. The number of carbonyl (C=O) groups is 3. The summed E-state index contributed by atoms with van der Waals surface area (Å²) >= 11 is 1.35. The second kappa shape index (κ2) is 8.31. The SMILES string of the molecule is CCc1ccc2c(c1)sc(=NC(=O)c1ccc(C(C)=O)cc1)n2CC(=O)OC. The van der Waals surface area contributed by atoms with Crippen LogP contribution in [0.5, 0.6) is 0 Å². The van der Waals surface area contributed by atoms with Crippen molar-refractivity contribution in [1.29, 1.82) is 0 Å². The second-order valence-electron chi connectivity index (χ2n) is 6.25. The predicted octanol–water partition coefficient (Wildman–Crippen LogP) is 3.38. The van der Waals surface area contributed by atoms with Gasteiger partial charge in [-0.15, -0.1) is 0 Å². The number of esters is 1. The maximum absolute atomic E-state index is 12.6. The summed E-state index contributed by atoms with van der Waals surface area (Å²) in [6, 6.07) is 12.3. The lowest BCUT2D eigenvalue weighted by atomic mass is 10.1. The van der Waals surface area contributed by atoms with Crippen LogP contribution in [0.2, 0.25) is 0 Å². The molecule has 0 fully saturated rings. The van der Waals surface area contributed by atoms with Gasteiger partial charge in [0, 0.05) is 11.1 Å². The molecule has 0 saturated carbocycles. The predicted molar refractivity (Wildman–Crippen MR) is 108 cm³/mol. The Bertz CT molecular complexity index is 1120. The number of benzene rings is 2. The average Bonchev–Trinajstić information content (AvgIpc) is 3.03. The Kier molecular flexibility index (Phi) is 5.84. The van der Waals surface area contributed by atoms with Gasteiger partial charge in [0.15, 0.2) is 10.6 Å². The Morgan fingerprint density at radius 1 is 1.07 bits per heavy atom. The van der Waals surface area contributed by atoms with Crippen LogP contribution >= 0.6 is 11.3 Å². The molecule has 0 unspecified atom stereocenters. The molecule has 0 aliphatic rings. The van der Waals surface area contributed by atoms with Gasteiger partial charge in [0.05, 0.1) is 17.3 Å². The van der Waals surface area contributed by atoms with E-state index < -0.39 is 11.9 Å². The fourth-order valence-corrected chi connectivity index (χ4v) is 3.86. The smallest absolute Gasteiger partial charge is 0.325 e. The molecule has 0 aliphatic heterocycles. The van der Waals surface area contributed by atoms with Crippen LogP contribution < -0.4 is 4.80 Å². The zero-order valence-electron chi connectivity index (χ0n) is 15.9.